The van der Waals surface area contributed by atoms with Crippen LogP contribution in [0.2, 0.25) is 0 Å². The number of aliphatic imine (C=N–C) groups is 1. The van der Waals surface area contributed by atoms with Crippen molar-refractivity contribution in [2.45, 2.75) is 26.0 Å². The van der Waals surface area contributed by atoms with Gasteiger partial charge in [-0.3, -0.25) is 0 Å². The molecule has 2 heterocycles. The number of halogens is 1. The molecule has 0 saturated heterocycles. The first kappa shape index (κ1) is 16.5. The van der Waals surface area contributed by atoms with Gasteiger partial charge >= 0.3 is 0 Å². The lowest BCUT2D eigenvalue weighted by Crippen LogP contribution is -2.43. The molecule has 0 aromatic heterocycles. The summed E-state index contributed by atoms with van der Waals surface area (Å²) >= 11 is 5.87. The molecule has 0 spiro atoms. The van der Waals surface area contributed by atoms with Gasteiger partial charge in [0.2, 0.25) is 0 Å². The number of rotatable bonds is 6. The number of aldehydes is 1. The highest BCUT2D eigenvalue weighted by Crippen LogP contribution is 2.29. The van der Waals surface area contributed by atoms with E-state index in [9.17, 15) is 4.79 Å². The molecular formula is C19H19ClN2O2. The topological polar surface area (TPSA) is 41.9 Å². The minimum Gasteiger partial charge on any atom is -0.485 e. The Kier molecular flexibility index (Phi) is 5.16. The van der Waals surface area contributed by atoms with E-state index in [1.165, 1.54) is 0 Å². The molecule has 2 aliphatic rings. The Morgan fingerprint density at radius 3 is 2.83 bits per heavy atom. The van der Waals surface area contributed by atoms with Crippen LogP contribution < -0.4 is 0 Å². The SMILES string of the molecule is CC1=C(CCCl)C(C=O)N2C=CC=C(OCc3ccccc3)C2=N1. The van der Waals surface area contributed by atoms with E-state index in [1.54, 1.807) is 0 Å². The third kappa shape index (κ3) is 3.29. The van der Waals surface area contributed by atoms with Crippen LogP contribution in [0.1, 0.15) is 18.9 Å². The van der Waals surface area contributed by atoms with Crippen LogP contribution in [0.3, 0.4) is 0 Å². The molecular weight excluding hydrogens is 324 g/mol. The van der Waals surface area contributed by atoms with Gasteiger partial charge in [-0.15, -0.1) is 11.6 Å². The van der Waals surface area contributed by atoms with Crippen LogP contribution in [-0.2, 0) is 16.1 Å². The van der Waals surface area contributed by atoms with Gasteiger partial charge in [-0.05, 0) is 36.6 Å². The van der Waals surface area contributed by atoms with E-state index in [-0.39, 0.29) is 6.04 Å². The molecule has 1 unspecified atom stereocenters. The number of nitrogens with zero attached hydrogens (tertiary/aromatic N) is 2. The lowest BCUT2D eigenvalue weighted by Gasteiger charge is -2.35. The highest BCUT2D eigenvalue weighted by molar-refractivity contribution is 6.18. The molecule has 0 N–H and O–H groups in total. The molecule has 1 aromatic rings. The standard InChI is InChI=1S/C19H19ClN2O2/c1-14-16(9-10-20)17(12-23)22-11-5-8-18(19(22)21-14)24-13-15-6-3-2-4-7-15/h2-8,11-12,17H,9-10,13H2,1H3. The van der Waals surface area contributed by atoms with Crippen molar-refractivity contribution < 1.29 is 9.53 Å². The van der Waals surface area contributed by atoms with Crippen LogP contribution in [0.25, 0.3) is 0 Å². The summed E-state index contributed by atoms with van der Waals surface area (Å²) in [7, 11) is 0. The monoisotopic (exact) mass is 342 g/mol. The van der Waals surface area contributed by atoms with Crippen LogP contribution in [0.5, 0.6) is 0 Å². The third-order valence-corrected chi connectivity index (χ3v) is 4.27. The predicted molar refractivity (Wildman–Crippen MR) is 95.6 cm³/mol. The minimum atomic E-state index is -0.378. The van der Waals surface area contributed by atoms with Gasteiger partial charge in [0.25, 0.3) is 0 Å². The fourth-order valence-electron chi connectivity index (χ4n) is 2.87. The van der Waals surface area contributed by atoms with Gasteiger partial charge in [0.15, 0.2) is 11.6 Å². The van der Waals surface area contributed by atoms with Crippen LogP contribution in [0, 0.1) is 0 Å². The van der Waals surface area contributed by atoms with Gasteiger partial charge in [0.1, 0.15) is 18.9 Å². The summed E-state index contributed by atoms with van der Waals surface area (Å²) in [6.45, 7) is 2.37. The quantitative estimate of drug-likeness (QED) is 0.583. The summed E-state index contributed by atoms with van der Waals surface area (Å²) < 4.78 is 5.95. The Morgan fingerprint density at radius 2 is 2.12 bits per heavy atom. The van der Waals surface area contributed by atoms with Gasteiger partial charge < -0.3 is 14.4 Å². The van der Waals surface area contributed by atoms with Crippen LogP contribution in [-0.4, -0.2) is 28.9 Å². The molecule has 0 radical (unpaired) electrons. The molecule has 0 saturated carbocycles. The molecule has 0 bridgehead atoms. The zero-order chi connectivity index (χ0) is 16.9. The highest BCUT2D eigenvalue weighted by atomic mass is 35.5. The molecule has 4 nitrogen and oxygen atoms in total. The fraction of sp³-hybridized carbons (Fsp3) is 0.263. The van der Waals surface area contributed by atoms with Crippen molar-refractivity contribution in [3.05, 3.63) is 71.3 Å². The number of fused-ring (bicyclic) bond motifs is 1. The third-order valence-electron chi connectivity index (χ3n) is 4.08. The van der Waals surface area contributed by atoms with Gasteiger partial charge in [0, 0.05) is 17.8 Å². The van der Waals surface area contributed by atoms with E-state index >= 15 is 0 Å². The Balaban J connectivity index is 1.85. The van der Waals surface area contributed by atoms with Crippen LogP contribution >= 0.6 is 11.6 Å². The molecule has 0 amide bonds. The van der Waals surface area contributed by atoms with Gasteiger partial charge in [-0.2, -0.15) is 0 Å². The van der Waals surface area contributed by atoms with E-state index in [0.29, 0.717) is 30.5 Å². The van der Waals surface area contributed by atoms with Crippen molar-refractivity contribution in [2.75, 3.05) is 5.88 Å². The zero-order valence-corrected chi connectivity index (χ0v) is 14.2. The summed E-state index contributed by atoms with van der Waals surface area (Å²) in [6, 6.07) is 9.57. The maximum atomic E-state index is 11.7. The first-order valence-corrected chi connectivity index (χ1v) is 8.41. The Morgan fingerprint density at radius 1 is 1.33 bits per heavy atom. The molecule has 3 rings (SSSR count). The number of carbonyl (C=O) groups is 1. The lowest BCUT2D eigenvalue weighted by atomic mass is 9.99. The Hall–Kier alpha value is -2.33. The molecule has 124 valence electrons. The van der Waals surface area contributed by atoms with Gasteiger partial charge in [-0.1, -0.05) is 30.3 Å². The second-order valence-electron chi connectivity index (χ2n) is 5.62. The van der Waals surface area contributed by atoms with E-state index in [2.05, 4.69) is 4.99 Å². The minimum absolute atomic E-state index is 0.378. The first-order valence-electron chi connectivity index (χ1n) is 7.88. The van der Waals surface area contributed by atoms with Crippen LogP contribution in [0.15, 0.2) is 70.7 Å². The summed E-state index contributed by atoms with van der Waals surface area (Å²) in [5.41, 5.74) is 2.87. The Bertz CT molecular complexity index is 735. The van der Waals surface area contributed by atoms with E-state index in [0.717, 1.165) is 23.1 Å². The van der Waals surface area contributed by atoms with Crippen molar-refractivity contribution in [2.24, 2.45) is 4.99 Å². The first-order chi connectivity index (χ1) is 11.7. The molecule has 1 atom stereocenters. The number of alkyl halides is 1. The molecule has 0 fully saturated rings. The second kappa shape index (κ2) is 7.49. The van der Waals surface area contributed by atoms with Crippen molar-refractivity contribution in [3.8, 4) is 0 Å². The number of carbonyl (C=O) groups excluding carboxylic acids is 1. The molecule has 2 aliphatic heterocycles. The van der Waals surface area contributed by atoms with E-state index < -0.39 is 0 Å². The summed E-state index contributed by atoms with van der Waals surface area (Å²) in [4.78, 5) is 18.2. The summed E-state index contributed by atoms with van der Waals surface area (Å²) in [6.07, 6.45) is 7.18. The second-order valence-corrected chi connectivity index (χ2v) is 6.00. The average Bonchev–Trinajstić information content (AvgIpc) is 2.62. The maximum Gasteiger partial charge on any atom is 0.176 e. The van der Waals surface area contributed by atoms with Crippen molar-refractivity contribution in [1.29, 1.82) is 0 Å². The molecule has 0 aliphatic carbocycles. The van der Waals surface area contributed by atoms with E-state index in [4.69, 9.17) is 16.3 Å². The number of amidine groups is 1. The molecule has 1 aromatic carbocycles. The van der Waals surface area contributed by atoms with Crippen molar-refractivity contribution in [1.82, 2.24) is 4.90 Å². The molecule has 5 heteroatoms. The normalized spacial score (nSPS) is 19.6. The predicted octanol–water partition coefficient (Wildman–Crippen LogP) is 3.80. The van der Waals surface area contributed by atoms with Crippen LogP contribution in [0.4, 0.5) is 0 Å². The smallest absolute Gasteiger partial charge is 0.176 e. The van der Waals surface area contributed by atoms with E-state index in [1.807, 2.05) is 60.5 Å². The molecule has 24 heavy (non-hydrogen) atoms. The number of benzene rings is 1. The number of hydrogen-bond donors (Lipinski definition) is 0. The van der Waals surface area contributed by atoms with Gasteiger partial charge in [-0.25, -0.2) is 4.99 Å². The number of hydrogen-bond acceptors (Lipinski definition) is 4. The largest absolute Gasteiger partial charge is 0.485 e. The zero-order valence-electron chi connectivity index (χ0n) is 13.5. The lowest BCUT2D eigenvalue weighted by molar-refractivity contribution is -0.110. The Labute approximate surface area is 146 Å². The average molecular weight is 343 g/mol. The summed E-state index contributed by atoms with van der Waals surface area (Å²) in [5.74, 6) is 1.80. The number of ether oxygens (including phenoxy) is 1. The van der Waals surface area contributed by atoms with Crippen molar-refractivity contribution in [3.63, 3.8) is 0 Å². The fourth-order valence-corrected chi connectivity index (χ4v) is 3.08. The highest BCUT2D eigenvalue weighted by Gasteiger charge is 2.32. The number of allylic oxidation sites excluding steroid dienone is 3. The summed E-state index contributed by atoms with van der Waals surface area (Å²) in [5, 5.41) is 0. The maximum absolute atomic E-state index is 11.7. The van der Waals surface area contributed by atoms with Gasteiger partial charge in [0.05, 0.1) is 0 Å². The van der Waals surface area contributed by atoms with Crippen molar-refractivity contribution >= 4 is 23.7 Å².